The molecule has 0 aromatic heterocycles. The first-order valence-corrected chi connectivity index (χ1v) is 6.14. The van der Waals surface area contributed by atoms with Gasteiger partial charge in [0.1, 0.15) is 0 Å². The van der Waals surface area contributed by atoms with Gasteiger partial charge in [0, 0.05) is 0 Å². The monoisotopic (exact) mass is 203 g/mol. The number of aryl methyl sites for hydroxylation is 1. The van der Waals surface area contributed by atoms with Gasteiger partial charge in [0.05, 0.1) is 0 Å². The third-order valence-electron chi connectivity index (χ3n) is 3.39. The van der Waals surface area contributed by atoms with Crippen molar-refractivity contribution in [3.05, 3.63) is 35.4 Å². The fraction of sp³-hybridized carbons (Fsp3) is 0.571. The van der Waals surface area contributed by atoms with E-state index in [1.165, 1.54) is 36.8 Å². The second-order valence-corrected chi connectivity index (χ2v) is 4.67. The minimum atomic E-state index is 0.612. The lowest BCUT2D eigenvalue weighted by Gasteiger charge is -2.14. The molecular formula is C14H21N. The Balaban J connectivity index is 2.07. The van der Waals surface area contributed by atoms with Gasteiger partial charge >= 0.3 is 0 Å². The summed E-state index contributed by atoms with van der Waals surface area (Å²) in [6.45, 7) is 3.03. The molecule has 0 heterocycles. The number of hydrogen-bond donors (Lipinski definition) is 1. The second-order valence-electron chi connectivity index (χ2n) is 4.67. The number of rotatable bonds is 5. The molecule has 2 rings (SSSR count). The van der Waals surface area contributed by atoms with Gasteiger partial charge in [-0.1, -0.05) is 37.6 Å². The molecule has 1 atom stereocenters. The Morgan fingerprint density at radius 3 is 2.40 bits per heavy atom. The smallest absolute Gasteiger partial charge is 0.000556 e. The van der Waals surface area contributed by atoms with Crippen LogP contribution in [0.15, 0.2) is 24.3 Å². The maximum atomic E-state index is 5.84. The minimum absolute atomic E-state index is 0.612. The Labute approximate surface area is 92.7 Å². The molecule has 0 saturated heterocycles. The first-order chi connectivity index (χ1) is 7.35. The summed E-state index contributed by atoms with van der Waals surface area (Å²) in [6.07, 6.45) is 5.16. The Bertz CT molecular complexity index is 298. The highest BCUT2D eigenvalue weighted by Gasteiger charge is 2.30. The quantitative estimate of drug-likeness (QED) is 0.782. The molecule has 0 amide bonds. The Morgan fingerprint density at radius 1 is 1.27 bits per heavy atom. The van der Waals surface area contributed by atoms with Crippen LogP contribution < -0.4 is 5.73 Å². The molecule has 82 valence electrons. The van der Waals surface area contributed by atoms with Crippen LogP contribution in [0, 0.1) is 5.92 Å². The van der Waals surface area contributed by atoms with Crippen LogP contribution in [0.4, 0.5) is 0 Å². The van der Waals surface area contributed by atoms with Crippen LogP contribution in [-0.2, 0) is 6.42 Å². The van der Waals surface area contributed by atoms with E-state index in [0.29, 0.717) is 5.92 Å². The van der Waals surface area contributed by atoms with E-state index in [-0.39, 0.29) is 0 Å². The van der Waals surface area contributed by atoms with Crippen molar-refractivity contribution in [1.29, 1.82) is 0 Å². The molecular weight excluding hydrogens is 182 g/mol. The average Bonchev–Trinajstić information content (AvgIpc) is 3.06. The summed E-state index contributed by atoms with van der Waals surface area (Å²) in [5.41, 5.74) is 8.74. The summed E-state index contributed by atoms with van der Waals surface area (Å²) in [5, 5.41) is 0. The summed E-state index contributed by atoms with van der Waals surface area (Å²) in [4.78, 5) is 0. The van der Waals surface area contributed by atoms with Crippen LogP contribution in [0.5, 0.6) is 0 Å². The fourth-order valence-electron chi connectivity index (χ4n) is 2.32. The molecule has 0 aliphatic heterocycles. The third kappa shape index (κ3) is 2.60. The molecule has 1 aromatic rings. The Morgan fingerprint density at radius 2 is 1.93 bits per heavy atom. The van der Waals surface area contributed by atoms with E-state index in [4.69, 9.17) is 5.73 Å². The van der Waals surface area contributed by atoms with Crippen LogP contribution >= 0.6 is 0 Å². The zero-order valence-corrected chi connectivity index (χ0v) is 9.58. The summed E-state index contributed by atoms with van der Waals surface area (Å²) in [5.74, 6) is 1.48. The normalized spacial score (nSPS) is 17.7. The molecule has 1 unspecified atom stereocenters. The molecule has 0 spiro atoms. The standard InChI is InChI=1S/C14H21N/c1-2-3-11-4-6-12(7-5-11)14(10-15)13-8-9-13/h4-7,13-14H,2-3,8-10,15H2,1H3. The van der Waals surface area contributed by atoms with Gasteiger partial charge in [0.15, 0.2) is 0 Å². The number of benzene rings is 1. The summed E-state index contributed by atoms with van der Waals surface area (Å²) < 4.78 is 0. The van der Waals surface area contributed by atoms with Crippen LogP contribution in [0.1, 0.15) is 43.2 Å². The highest BCUT2D eigenvalue weighted by atomic mass is 14.6. The predicted octanol–water partition coefficient (Wildman–Crippen LogP) is 3.09. The maximum Gasteiger partial charge on any atom is -0.000556 e. The van der Waals surface area contributed by atoms with E-state index in [2.05, 4.69) is 31.2 Å². The molecule has 1 nitrogen and oxygen atoms in total. The summed E-state index contributed by atoms with van der Waals surface area (Å²) in [7, 11) is 0. The van der Waals surface area contributed by atoms with Gasteiger partial charge in [-0.15, -0.1) is 0 Å². The lowest BCUT2D eigenvalue weighted by Crippen LogP contribution is -2.14. The first-order valence-electron chi connectivity index (χ1n) is 6.14. The molecule has 0 radical (unpaired) electrons. The number of nitrogens with two attached hydrogens (primary N) is 1. The van der Waals surface area contributed by atoms with Gasteiger partial charge in [0.2, 0.25) is 0 Å². The zero-order valence-electron chi connectivity index (χ0n) is 9.58. The zero-order chi connectivity index (χ0) is 10.7. The van der Waals surface area contributed by atoms with E-state index in [1.807, 2.05) is 0 Å². The van der Waals surface area contributed by atoms with Gasteiger partial charge < -0.3 is 5.73 Å². The van der Waals surface area contributed by atoms with Crippen molar-refractivity contribution >= 4 is 0 Å². The van der Waals surface area contributed by atoms with E-state index in [9.17, 15) is 0 Å². The second kappa shape index (κ2) is 4.80. The molecule has 1 saturated carbocycles. The van der Waals surface area contributed by atoms with Crippen molar-refractivity contribution in [3.63, 3.8) is 0 Å². The van der Waals surface area contributed by atoms with Gasteiger partial charge in [-0.3, -0.25) is 0 Å². The van der Waals surface area contributed by atoms with Crippen LogP contribution in [0.2, 0.25) is 0 Å². The molecule has 1 aliphatic rings. The van der Waals surface area contributed by atoms with E-state index in [0.717, 1.165) is 12.5 Å². The molecule has 2 N–H and O–H groups in total. The average molecular weight is 203 g/mol. The highest BCUT2D eigenvalue weighted by molar-refractivity contribution is 5.27. The van der Waals surface area contributed by atoms with Gasteiger partial charge in [-0.25, -0.2) is 0 Å². The molecule has 1 heteroatoms. The highest BCUT2D eigenvalue weighted by Crippen LogP contribution is 2.41. The lowest BCUT2D eigenvalue weighted by molar-refractivity contribution is 0.615. The fourth-order valence-corrected chi connectivity index (χ4v) is 2.32. The molecule has 1 fully saturated rings. The SMILES string of the molecule is CCCc1ccc(C(CN)C2CC2)cc1. The van der Waals surface area contributed by atoms with Crippen molar-refractivity contribution in [2.75, 3.05) is 6.54 Å². The van der Waals surface area contributed by atoms with Gasteiger partial charge in [-0.2, -0.15) is 0 Å². The summed E-state index contributed by atoms with van der Waals surface area (Å²) in [6, 6.07) is 9.09. The van der Waals surface area contributed by atoms with Crippen molar-refractivity contribution in [1.82, 2.24) is 0 Å². The number of hydrogen-bond acceptors (Lipinski definition) is 1. The molecule has 1 aliphatic carbocycles. The third-order valence-corrected chi connectivity index (χ3v) is 3.39. The molecule has 1 aromatic carbocycles. The Kier molecular flexibility index (Phi) is 3.42. The van der Waals surface area contributed by atoms with E-state index in [1.54, 1.807) is 0 Å². The van der Waals surface area contributed by atoms with Crippen molar-refractivity contribution in [2.24, 2.45) is 11.7 Å². The molecule has 15 heavy (non-hydrogen) atoms. The van der Waals surface area contributed by atoms with Gasteiger partial charge in [-0.05, 0) is 48.8 Å². The predicted molar refractivity (Wildman–Crippen MR) is 65.0 cm³/mol. The summed E-state index contributed by atoms with van der Waals surface area (Å²) >= 11 is 0. The topological polar surface area (TPSA) is 26.0 Å². The maximum absolute atomic E-state index is 5.84. The van der Waals surface area contributed by atoms with Gasteiger partial charge in [0.25, 0.3) is 0 Å². The lowest BCUT2D eigenvalue weighted by atomic mass is 9.93. The van der Waals surface area contributed by atoms with Crippen molar-refractivity contribution in [2.45, 2.75) is 38.5 Å². The van der Waals surface area contributed by atoms with E-state index < -0.39 is 0 Å². The van der Waals surface area contributed by atoms with E-state index >= 15 is 0 Å². The van der Waals surface area contributed by atoms with Crippen molar-refractivity contribution in [3.8, 4) is 0 Å². The van der Waals surface area contributed by atoms with Crippen LogP contribution in [0.3, 0.4) is 0 Å². The molecule has 0 bridgehead atoms. The van der Waals surface area contributed by atoms with Crippen LogP contribution in [0.25, 0.3) is 0 Å². The minimum Gasteiger partial charge on any atom is -0.330 e. The first kappa shape index (κ1) is 10.7. The Hall–Kier alpha value is -0.820. The van der Waals surface area contributed by atoms with Crippen molar-refractivity contribution < 1.29 is 0 Å². The van der Waals surface area contributed by atoms with Crippen LogP contribution in [-0.4, -0.2) is 6.54 Å². The largest absolute Gasteiger partial charge is 0.330 e.